The number of rotatable bonds is 8. The molecule has 1 N–H and O–H groups in total. The van der Waals surface area contributed by atoms with Gasteiger partial charge in [-0.25, -0.2) is 0 Å². The van der Waals surface area contributed by atoms with E-state index in [1.54, 1.807) is 36.2 Å². The second-order valence-electron chi connectivity index (χ2n) is 12.6. The van der Waals surface area contributed by atoms with Crippen LogP contribution in [0.25, 0.3) is 22.2 Å². The summed E-state index contributed by atoms with van der Waals surface area (Å²) in [5, 5.41) is 19.9. The number of carbonyl (C=O) groups is 2. The van der Waals surface area contributed by atoms with Crippen molar-refractivity contribution in [3.63, 3.8) is 0 Å². The van der Waals surface area contributed by atoms with Gasteiger partial charge in [0.2, 0.25) is 0 Å². The van der Waals surface area contributed by atoms with Crippen LogP contribution in [0.5, 0.6) is 5.75 Å². The minimum absolute atomic E-state index is 0.143. The van der Waals surface area contributed by atoms with Gasteiger partial charge in [0.1, 0.15) is 5.75 Å². The minimum atomic E-state index is -0.471. The average molecular weight is 669 g/mol. The van der Waals surface area contributed by atoms with Crippen LogP contribution in [0, 0.1) is 24.0 Å². The Morgan fingerprint density at radius 3 is 2.56 bits per heavy atom. The predicted molar refractivity (Wildman–Crippen MR) is 191 cm³/mol. The Hall–Kier alpha value is -6.23. The Morgan fingerprint density at radius 2 is 1.78 bits per heavy atom. The number of nitro groups is 1. The van der Waals surface area contributed by atoms with Gasteiger partial charge in [-0.15, -0.1) is 0 Å². The van der Waals surface area contributed by atoms with Crippen LogP contribution >= 0.6 is 0 Å². The van der Waals surface area contributed by atoms with Gasteiger partial charge in [0.25, 0.3) is 17.5 Å². The summed E-state index contributed by atoms with van der Waals surface area (Å²) in [5.41, 5.74) is 7.81. The first kappa shape index (κ1) is 32.3. The quantitative estimate of drug-likeness (QED) is 0.136. The molecular weight excluding hydrogens is 632 g/mol. The molecule has 0 radical (unpaired) electrons. The summed E-state index contributed by atoms with van der Waals surface area (Å²) in [6, 6.07) is 25.5. The van der Waals surface area contributed by atoms with Crippen LogP contribution in [0.15, 0.2) is 91.1 Å². The van der Waals surface area contributed by atoms with Crippen molar-refractivity contribution >= 4 is 34.1 Å². The monoisotopic (exact) mass is 668 g/mol. The molecule has 2 aromatic heterocycles. The first-order chi connectivity index (χ1) is 24.1. The topological polar surface area (TPSA) is 127 Å². The fraction of sp³-hybridized carbons (Fsp3) is 0.205. The molecule has 6 aromatic rings. The normalized spacial score (nSPS) is 12.5. The number of nitrogens with zero attached hydrogens (tertiary/aromatic N) is 5. The molecule has 11 nitrogen and oxygen atoms in total. The maximum atomic E-state index is 14.7. The summed E-state index contributed by atoms with van der Waals surface area (Å²) in [7, 11) is 3.42. The van der Waals surface area contributed by atoms with Gasteiger partial charge in [-0.2, -0.15) is 5.10 Å². The fourth-order valence-electron chi connectivity index (χ4n) is 6.80. The molecule has 50 heavy (non-hydrogen) atoms. The second kappa shape index (κ2) is 13.0. The zero-order valence-electron chi connectivity index (χ0n) is 28.3. The number of carbonyl (C=O) groups excluding carboxylic acids is 2. The van der Waals surface area contributed by atoms with Crippen LogP contribution in [0.1, 0.15) is 48.7 Å². The number of aromatic nitrogens is 3. The lowest BCUT2D eigenvalue weighted by Crippen LogP contribution is -2.36. The summed E-state index contributed by atoms with van der Waals surface area (Å²) in [4.78, 5) is 43.9. The molecule has 11 heteroatoms. The number of hydrogen-bond donors (Lipinski definition) is 1. The Labute approximate surface area is 288 Å². The number of nitro benzene ring substituents is 1. The highest BCUT2D eigenvalue weighted by Crippen LogP contribution is 2.35. The van der Waals surface area contributed by atoms with Gasteiger partial charge in [-0.05, 0) is 78.9 Å². The highest BCUT2D eigenvalue weighted by atomic mass is 16.6. The molecule has 0 bridgehead atoms. The van der Waals surface area contributed by atoms with E-state index in [-0.39, 0.29) is 24.0 Å². The minimum Gasteiger partial charge on any atom is -0.496 e. The average Bonchev–Trinajstić information content (AvgIpc) is 3.73. The van der Waals surface area contributed by atoms with Crippen molar-refractivity contribution < 1.29 is 19.2 Å². The number of methoxy groups -OCH3 is 1. The number of ether oxygens (including phenoxy) is 1. The van der Waals surface area contributed by atoms with E-state index >= 15 is 0 Å². The van der Waals surface area contributed by atoms with Crippen LogP contribution in [-0.2, 0) is 26.6 Å². The Bertz CT molecular complexity index is 2300. The number of non-ortho nitro benzene ring substituents is 1. The summed E-state index contributed by atoms with van der Waals surface area (Å²) >= 11 is 0. The van der Waals surface area contributed by atoms with E-state index in [9.17, 15) is 19.7 Å². The maximum absolute atomic E-state index is 14.7. The van der Waals surface area contributed by atoms with E-state index in [2.05, 4.69) is 16.3 Å². The number of nitrogens with one attached hydrogen (secondary N) is 1. The Kier molecular flexibility index (Phi) is 8.40. The van der Waals surface area contributed by atoms with Gasteiger partial charge in [-0.3, -0.25) is 24.8 Å². The number of benzene rings is 4. The number of anilines is 1. The first-order valence-electron chi connectivity index (χ1n) is 16.3. The predicted octanol–water partition coefficient (Wildman–Crippen LogP) is 7.15. The lowest BCUT2D eigenvalue weighted by molar-refractivity contribution is -0.384. The largest absolute Gasteiger partial charge is 0.496 e. The van der Waals surface area contributed by atoms with E-state index < -0.39 is 4.92 Å². The van der Waals surface area contributed by atoms with Crippen LogP contribution in [-0.4, -0.2) is 50.1 Å². The third-order valence-electron chi connectivity index (χ3n) is 9.83. The van der Waals surface area contributed by atoms with E-state index in [0.29, 0.717) is 46.9 Å². The van der Waals surface area contributed by atoms with Crippen LogP contribution in [0.2, 0.25) is 0 Å². The molecule has 0 aliphatic carbocycles. The van der Waals surface area contributed by atoms with Gasteiger partial charge in [0, 0.05) is 65.9 Å². The van der Waals surface area contributed by atoms with E-state index in [1.165, 1.54) is 23.8 Å². The van der Waals surface area contributed by atoms with Gasteiger partial charge in [-0.1, -0.05) is 36.4 Å². The van der Waals surface area contributed by atoms with Gasteiger partial charge >= 0.3 is 0 Å². The number of amides is 2. The van der Waals surface area contributed by atoms with Crippen molar-refractivity contribution in [2.75, 3.05) is 18.6 Å². The van der Waals surface area contributed by atoms with Crippen molar-refractivity contribution in [2.45, 2.75) is 33.4 Å². The molecular formula is C39H36N6O5. The summed E-state index contributed by atoms with van der Waals surface area (Å²) in [6.45, 7) is 5.03. The summed E-state index contributed by atoms with van der Waals surface area (Å²) < 4.78 is 7.39. The van der Waals surface area contributed by atoms with E-state index in [4.69, 9.17) is 4.74 Å². The van der Waals surface area contributed by atoms with Crippen molar-refractivity contribution in [1.82, 2.24) is 19.7 Å². The summed E-state index contributed by atoms with van der Waals surface area (Å²) in [5.74, 6) is 0.235. The zero-order chi connectivity index (χ0) is 35.1. The van der Waals surface area contributed by atoms with Gasteiger partial charge < -0.3 is 19.1 Å². The van der Waals surface area contributed by atoms with Crippen molar-refractivity contribution in [1.29, 1.82) is 0 Å². The van der Waals surface area contributed by atoms with Crippen molar-refractivity contribution in [2.24, 2.45) is 7.05 Å². The third-order valence-corrected chi connectivity index (χ3v) is 9.83. The third kappa shape index (κ3) is 5.76. The highest BCUT2D eigenvalue weighted by molar-refractivity contribution is 6.09. The first-order valence-corrected chi connectivity index (χ1v) is 16.3. The Balaban J connectivity index is 1.31. The molecule has 0 unspecified atom stereocenters. The fourth-order valence-corrected chi connectivity index (χ4v) is 6.80. The zero-order valence-corrected chi connectivity index (χ0v) is 28.3. The van der Waals surface area contributed by atoms with Crippen molar-refractivity contribution in [3.05, 3.63) is 140 Å². The molecule has 0 spiro atoms. The van der Waals surface area contributed by atoms with Gasteiger partial charge in [0.05, 0.1) is 35.9 Å². The summed E-state index contributed by atoms with van der Waals surface area (Å²) in [6.07, 6.45) is 2.44. The Morgan fingerprint density at radius 1 is 0.980 bits per heavy atom. The molecule has 252 valence electrons. The number of hydrogen-bond acceptors (Lipinski definition) is 6. The lowest BCUT2D eigenvalue weighted by atomic mass is 9.97. The second-order valence-corrected chi connectivity index (χ2v) is 12.6. The molecule has 0 atom stereocenters. The standard InChI is InChI=1S/C39H36N6O5/c1-24-27(10-7-11-37(24)50-4)23-44(30-13-15-35-29(18-30)21-40-41-35)39(47)33-20-36(42(3)25(33)2)34-19-31(45(48)49)12-14-32(34)38(46)43-17-16-26-8-5-6-9-28(26)22-43/h5-15,18-21H,16-17,22-23H2,1-4H3,(H,40,41). The molecule has 1 aliphatic rings. The molecule has 2 amide bonds. The highest BCUT2D eigenvalue weighted by Gasteiger charge is 2.29. The molecule has 4 aromatic carbocycles. The van der Waals surface area contributed by atoms with Crippen molar-refractivity contribution in [3.8, 4) is 17.0 Å². The van der Waals surface area contributed by atoms with Crippen LogP contribution in [0.3, 0.4) is 0 Å². The molecule has 7 rings (SSSR count). The van der Waals surface area contributed by atoms with Crippen LogP contribution in [0.4, 0.5) is 11.4 Å². The number of fused-ring (bicyclic) bond motifs is 2. The smallest absolute Gasteiger partial charge is 0.270 e. The number of aromatic amines is 1. The molecule has 0 saturated heterocycles. The molecule has 0 fully saturated rings. The molecule has 3 heterocycles. The van der Waals surface area contributed by atoms with Gasteiger partial charge in [0.15, 0.2) is 0 Å². The molecule has 1 aliphatic heterocycles. The maximum Gasteiger partial charge on any atom is 0.270 e. The van der Waals surface area contributed by atoms with E-state index in [1.807, 2.05) is 73.0 Å². The van der Waals surface area contributed by atoms with Crippen LogP contribution < -0.4 is 9.64 Å². The number of H-pyrrole nitrogens is 1. The SMILES string of the molecule is COc1cccc(CN(C(=O)c2cc(-c3cc([N+](=O)[O-])ccc3C(=O)N3CCc4ccccc4C3)n(C)c2C)c2ccc3[nH]ncc3c2)c1C. The lowest BCUT2D eigenvalue weighted by Gasteiger charge is -2.29. The van der Waals surface area contributed by atoms with E-state index in [0.717, 1.165) is 39.8 Å². The molecule has 0 saturated carbocycles.